The van der Waals surface area contributed by atoms with Crippen LogP contribution < -0.4 is 26.7 Å². The lowest BCUT2D eigenvalue weighted by Crippen LogP contribution is -2.56. The Morgan fingerprint density at radius 1 is 1.38 bits per heavy atom. The summed E-state index contributed by atoms with van der Waals surface area (Å²) in [6.07, 6.45) is 2.98. The molecule has 4 rings (SSSR count). The first-order chi connectivity index (χ1) is 15.3. The minimum absolute atomic E-state index is 0.0387. The van der Waals surface area contributed by atoms with Gasteiger partial charge in [0.2, 0.25) is 0 Å². The summed E-state index contributed by atoms with van der Waals surface area (Å²) in [5, 5.41) is 8.91. The first-order valence-corrected chi connectivity index (χ1v) is 11.0. The number of nitrogens with zero attached hydrogens (tertiary/aromatic N) is 5. The summed E-state index contributed by atoms with van der Waals surface area (Å²) in [7, 11) is 3.44. The number of methoxy groups -OCH3 is 1. The Kier molecular flexibility index (Phi) is 5.86. The SMILES string of the molecule is CCC(C1CN(c2c(F)cc3c(=O)n(N)c(=O)n(C4CC4)c3c2OC)C1)N(C)CCC#N. The van der Waals surface area contributed by atoms with Crippen molar-refractivity contribution >= 4 is 16.6 Å². The van der Waals surface area contributed by atoms with Crippen LogP contribution in [0.3, 0.4) is 0 Å². The van der Waals surface area contributed by atoms with Gasteiger partial charge >= 0.3 is 5.69 Å². The van der Waals surface area contributed by atoms with Crippen molar-refractivity contribution < 1.29 is 9.13 Å². The minimum Gasteiger partial charge on any atom is -0.492 e. The molecule has 0 bridgehead atoms. The quantitative estimate of drug-likeness (QED) is 0.613. The zero-order valence-electron chi connectivity index (χ0n) is 18.7. The summed E-state index contributed by atoms with van der Waals surface area (Å²) in [6, 6.07) is 3.55. The van der Waals surface area contributed by atoms with Gasteiger partial charge in [0.05, 0.1) is 18.6 Å². The van der Waals surface area contributed by atoms with Gasteiger partial charge in [-0.15, -0.1) is 0 Å². The van der Waals surface area contributed by atoms with E-state index in [2.05, 4.69) is 17.9 Å². The van der Waals surface area contributed by atoms with Crippen LogP contribution in [0.25, 0.3) is 10.9 Å². The van der Waals surface area contributed by atoms with E-state index < -0.39 is 17.1 Å². The van der Waals surface area contributed by atoms with Gasteiger partial charge < -0.3 is 20.4 Å². The largest absolute Gasteiger partial charge is 0.492 e. The highest BCUT2D eigenvalue weighted by Gasteiger charge is 2.39. The average Bonchev–Trinajstić information content (AvgIpc) is 3.58. The molecule has 1 unspecified atom stereocenters. The number of aromatic nitrogens is 2. The molecule has 1 saturated carbocycles. The molecule has 2 heterocycles. The number of nitrogens with two attached hydrogens (primary N) is 1. The summed E-state index contributed by atoms with van der Waals surface area (Å²) in [6.45, 7) is 4.05. The Hall–Kier alpha value is -3.06. The van der Waals surface area contributed by atoms with Crippen LogP contribution in [-0.2, 0) is 0 Å². The highest BCUT2D eigenvalue weighted by molar-refractivity contribution is 5.91. The Labute approximate surface area is 185 Å². The number of nitriles is 1. The molecule has 2 fully saturated rings. The van der Waals surface area contributed by atoms with E-state index in [9.17, 15) is 9.59 Å². The van der Waals surface area contributed by atoms with Gasteiger partial charge in [-0.1, -0.05) is 6.92 Å². The van der Waals surface area contributed by atoms with E-state index in [1.807, 2.05) is 11.9 Å². The number of hydrogen-bond acceptors (Lipinski definition) is 7. The number of fused-ring (bicyclic) bond motifs is 1. The van der Waals surface area contributed by atoms with E-state index in [-0.39, 0.29) is 28.9 Å². The third kappa shape index (κ3) is 3.50. The van der Waals surface area contributed by atoms with Crippen LogP contribution in [0.4, 0.5) is 10.1 Å². The molecule has 2 aliphatic rings. The monoisotopic (exact) mass is 444 g/mol. The Balaban J connectivity index is 1.74. The topological polar surface area (TPSA) is 110 Å². The molecule has 1 saturated heterocycles. The molecule has 9 nitrogen and oxygen atoms in total. The lowest BCUT2D eigenvalue weighted by Gasteiger charge is -2.47. The van der Waals surface area contributed by atoms with Crippen molar-refractivity contribution in [2.24, 2.45) is 5.92 Å². The predicted molar refractivity (Wildman–Crippen MR) is 120 cm³/mol. The number of rotatable bonds is 8. The van der Waals surface area contributed by atoms with E-state index in [0.717, 1.165) is 19.3 Å². The summed E-state index contributed by atoms with van der Waals surface area (Å²) in [5.41, 5.74) is -0.775. The maximum atomic E-state index is 15.3. The molecular formula is C22H29FN6O3. The van der Waals surface area contributed by atoms with Crippen molar-refractivity contribution in [1.29, 1.82) is 5.26 Å². The molecule has 1 aromatic heterocycles. The minimum atomic E-state index is -0.739. The molecule has 1 aliphatic heterocycles. The van der Waals surface area contributed by atoms with Crippen LogP contribution in [0, 0.1) is 23.1 Å². The third-order valence-electron chi connectivity index (χ3n) is 6.73. The molecule has 32 heavy (non-hydrogen) atoms. The highest BCUT2D eigenvalue weighted by Crippen LogP contribution is 2.44. The number of ether oxygens (including phenoxy) is 1. The van der Waals surface area contributed by atoms with Gasteiger partial charge in [-0.05, 0) is 32.4 Å². The zero-order valence-corrected chi connectivity index (χ0v) is 18.7. The Bertz CT molecular complexity index is 1190. The fraction of sp³-hybridized carbons (Fsp3) is 0.591. The first-order valence-electron chi connectivity index (χ1n) is 11.0. The van der Waals surface area contributed by atoms with Gasteiger partial charge in [0.15, 0.2) is 11.6 Å². The Morgan fingerprint density at radius 2 is 2.06 bits per heavy atom. The van der Waals surface area contributed by atoms with E-state index >= 15 is 4.39 Å². The summed E-state index contributed by atoms with van der Waals surface area (Å²) in [4.78, 5) is 29.5. The van der Waals surface area contributed by atoms with Crippen molar-refractivity contribution in [2.75, 3.05) is 44.5 Å². The van der Waals surface area contributed by atoms with Crippen LogP contribution in [0.15, 0.2) is 15.7 Å². The van der Waals surface area contributed by atoms with Crippen molar-refractivity contribution in [1.82, 2.24) is 14.1 Å². The van der Waals surface area contributed by atoms with Crippen LogP contribution in [-0.4, -0.2) is 54.0 Å². The molecule has 10 heteroatoms. The van der Waals surface area contributed by atoms with Crippen molar-refractivity contribution in [2.45, 2.75) is 44.7 Å². The van der Waals surface area contributed by atoms with E-state index in [4.69, 9.17) is 15.8 Å². The number of halogens is 1. The van der Waals surface area contributed by atoms with E-state index in [1.165, 1.54) is 17.7 Å². The van der Waals surface area contributed by atoms with Gasteiger partial charge in [0, 0.05) is 44.1 Å². The van der Waals surface area contributed by atoms with Crippen LogP contribution in [0.5, 0.6) is 5.75 Å². The maximum absolute atomic E-state index is 15.3. The van der Waals surface area contributed by atoms with Crippen molar-refractivity contribution in [3.8, 4) is 11.8 Å². The van der Waals surface area contributed by atoms with Crippen LogP contribution >= 0.6 is 0 Å². The average molecular weight is 445 g/mol. The molecule has 1 aromatic carbocycles. The summed E-state index contributed by atoms with van der Waals surface area (Å²) < 4.78 is 22.9. The highest BCUT2D eigenvalue weighted by atomic mass is 19.1. The summed E-state index contributed by atoms with van der Waals surface area (Å²) in [5.74, 6) is 5.63. The van der Waals surface area contributed by atoms with Gasteiger partial charge in [-0.25, -0.2) is 9.18 Å². The second-order valence-corrected chi connectivity index (χ2v) is 8.72. The van der Waals surface area contributed by atoms with Gasteiger partial charge in [0.25, 0.3) is 5.56 Å². The lowest BCUT2D eigenvalue weighted by molar-refractivity contribution is 0.149. The second-order valence-electron chi connectivity index (χ2n) is 8.72. The fourth-order valence-electron chi connectivity index (χ4n) is 4.93. The van der Waals surface area contributed by atoms with Gasteiger partial charge in [0.1, 0.15) is 11.2 Å². The number of hydrogen-bond donors (Lipinski definition) is 1. The Morgan fingerprint density at radius 3 is 2.62 bits per heavy atom. The summed E-state index contributed by atoms with van der Waals surface area (Å²) >= 11 is 0. The molecule has 1 aliphatic carbocycles. The fourth-order valence-corrected chi connectivity index (χ4v) is 4.93. The van der Waals surface area contributed by atoms with Crippen LogP contribution in [0.2, 0.25) is 0 Å². The van der Waals surface area contributed by atoms with E-state index in [0.29, 0.717) is 42.2 Å². The maximum Gasteiger partial charge on any atom is 0.350 e. The van der Waals surface area contributed by atoms with Gasteiger partial charge in [-0.2, -0.15) is 9.94 Å². The van der Waals surface area contributed by atoms with Gasteiger partial charge in [-0.3, -0.25) is 9.36 Å². The smallest absolute Gasteiger partial charge is 0.350 e. The number of benzene rings is 1. The molecule has 1 atom stereocenters. The number of anilines is 1. The molecule has 172 valence electrons. The predicted octanol–water partition coefficient (Wildman–Crippen LogP) is 1.42. The standard InChI is InChI=1S/C22H29FN6O3/c1-4-17(26(2)9-5-8-24)13-11-27(12-13)19-16(23)10-15-18(20(19)32-3)28(14-6-7-14)22(31)29(25)21(15)30/h10,13-14,17H,4-7,9,11-12,25H2,1-3H3. The van der Waals surface area contributed by atoms with E-state index in [1.54, 1.807) is 0 Å². The normalized spacial score (nSPS) is 17.4. The molecule has 0 radical (unpaired) electrons. The molecule has 2 N–H and O–H groups in total. The second kappa shape index (κ2) is 8.47. The third-order valence-corrected chi connectivity index (χ3v) is 6.73. The first kappa shape index (κ1) is 22.1. The molecule has 0 spiro atoms. The molecular weight excluding hydrogens is 415 g/mol. The van der Waals surface area contributed by atoms with Crippen molar-refractivity contribution in [3.05, 3.63) is 32.7 Å². The molecule has 0 amide bonds. The zero-order chi connectivity index (χ0) is 23.2. The van der Waals surface area contributed by atoms with Crippen molar-refractivity contribution in [3.63, 3.8) is 0 Å². The molecule has 2 aromatic rings. The van der Waals surface area contributed by atoms with Crippen LogP contribution in [0.1, 0.15) is 38.6 Å². The lowest BCUT2D eigenvalue weighted by atomic mass is 9.88. The number of nitrogen functional groups attached to an aromatic ring is 1.